The number of amides is 2. The number of nitro groups is 1. The first kappa shape index (κ1) is 22.7. The van der Waals surface area contributed by atoms with Crippen LogP contribution < -0.4 is 20.7 Å². The van der Waals surface area contributed by atoms with E-state index in [9.17, 15) is 19.7 Å². The van der Waals surface area contributed by atoms with E-state index in [1.807, 2.05) is 13.8 Å². The van der Waals surface area contributed by atoms with Crippen LogP contribution in [0.25, 0.3) is 0 Å². The highest BCUT2D eigenvalue weighted by molar-refractivity contribution is 5.99. The average Bonchev–Trinajstić information content (AvgIpc) is 2.74. The molecule has 9 heteroatoms. The van der Waals surface area contributed by atoms with Crippen LogP contribution in [0.2, 0.25) is 0 Å². The number of carbonyl (C=O) groups excluding carboxylic acids is 2. The van der Waals surface area contributed by atoms with Gasteiger partial charge in [0, 0.05) is 30.9 Å². The average molecular weight is 414 g/mol. The van der Waals surface area contributed by atoms with Crippen molar-refractivity contribution in [2.45, 2.75) is 19.9 Å². The normalized spacial score (nSPS) is 11.5. The monoisotopic (exact) mass is 414 g/mol. The summed E-state index contributed by atoms with van der Waals surface area (Å²) in [5.41, 5.74) is 1.08. The number of nitro benzene ring substituents is 1. The molecule has 0 heterocycles. The minimum Gasteiger partial charge on any atom is -0.496 e. The number of non-ortho nitro benzene ring substituents is 1. The van der Waals surface area contributed by atoms with Gasteiger partial charge < -0.3 is 20.7 Å². The number of benzene rings is 2. The molecule has 0 aromatic heterocycles. The third kappa shape index (κ3) is 6.20. The molecule has 2 amide bonds. The van der Waals surface area contributed by atoms with Gasteiger partial charge in [0.2, 0.25) is 5.91 Å². The van der Waals surface area contributed by atoms with E-state index in [0.717, 1.165) is 0 Å². The molecule has 0 saturated heterocycles. The Bertz CT molecular complexity index is 883. The van der Waals surface area contributed by atoms with Crippen molar-refractivity contribution in [3.63, 3.8) is 0 Å². The molecule has 0 aliphatic rings. The van der Waals surface area contributed by atoms with E-state index in [-0.39, 0.29) is 23.4 Å². The van der Waals surface area contributed by atoms with Crippen LogP contribution in [0.1, 0.15) is 24.2 Å². The van der Waals surface area contributed by atoms with Crippen molar-refractivity contribution < 1.29 is 19.2 Å². The molecule has 30 heavy (non-hydrogen) atoms. The Morgan fingerprint density at radius 3 is 2.33 bits per heavy atom. The number of nitrogens with zero attached hydrogens (tertiary/aromatic N) is 1. The summed E-state index contributed by atoms with van der Waals surface area (Å²) in [7, 11) is 1.48. The number of anilines is 1. The van der Waals surface area contributed by atoms with Crippen molar-refractivity contribution in [2.75, 3.05) is 25.5 Å². The molecule has 2 rings (SSSR count). The maximum atomic E-state index is 12.6. The lowest BCUT2D eigenvalue weighted by atomic mass is 10.0. The summed E-state index contributed by atoms with van der Waals surface area (Å²) in [6.45, 7) is 4.45. The van der Waals surface area contributed by atoms with Crippen LogP contribution in [-0.2, 0) is 4.79 Å². The molecule has 9 nitrogen and oxygen atoms in total. The first-order valence-electron chi connectivity index (χ1n) is 9.53. The Kier molecular flexibility index (Phi) is 8.16. The molecule has 3 N–H and O–H groups in total. The molecule has 0 aliphatic carbocycles. The molecule has 0 radical (unpaired) electrons. The number of ether oxygens (including phenoxy) is 1. The second-order valence-corrected chi connectivity index (χ2v) is 6.92. The molecule has 0 saturated carbocycles. The number of hydrogen-bond acceptors (Lipinski definition) is 6. The Hall–Kier alpha value is -3.62. The van der Waals surface area contributed by atoms with Crippen LogP contribution in [0.3, 0.4) is 0 Å². The van der Waals surface area contributed by atoms with Gasteiger partial charge in [0.05, 0.1) is 17.6 Å². The summed E-state index contributed by atoms with van der Waals surface area (Å²) in [5.74, 6) is -0.361. The minimum absolute atomic E-state index is 0.0133. The van der Waals surface area contributed by atoms with Crippen LogP contribution in [0, 0.1) is 16.0 Å². The van der Waals surface area contributed by atoms with Crippen molar-refractivity contribution in [1.29, 1.82) is 0 Å². The summed E-state index contributed by atoms with van der Waals surface area (Å²) in [4.78, 5) is 35.4. The number of carbonyl (C=O) groups is 2. The first-order valence-corrected chi connectivity index (χ1v) is 9.53. The molecule has 1 atom stereocenters. The second-order valence-electron chi connectivity index (χ2n) is 6.92. The van der Waals surface area contributed by atoms with Gasteiger partial charge in [-0.3, -0.25) is 19.7 Å². The van der Waals surface area contributed by atoms with E-state index in [1.165, 1.54) is 19.2 Å². The molecule has 0 bridgehead atoms. The van der Waals surface area contributed by atoms with Gasteiger partial charge in [-0.25, -0.2) is 0 Å². The molecule has 160 valence electrons. The van der Waals surface area contributed by atoms with E-state index < -0.39 is 11.0 Å². The standard InChI is InChI=1S/C21H26N4O5/c1-14(2)19(24-20(26)17-6-4-5-7-18(17)30-3)21(27)23-13-12-22-15-8-10-16(11-9-15)25(28)29/h4-11,14,19,22H,12-13H2,1-3H3,(H,23,27)(H,24,26)/t19-/m0/s1. The molecule has 2 aromatic carbocycles. The van der Waals surface area contributed by atoms with E-state index in [4.69, 9.17) is 4.74 Å². The predicted molar refractivity (Wildman–Crippen MR) is 114 cm³/mol. The highest BCUT2D eigenvalue weighted by Gasteiger charge is 2.25. The van der Waals surface area contributed by atoms with Crippen molar-refractivity contribution in [3.8, 4) is 5.75 Å². The number of hydrogen-bond donors (Lipinski definition) is 3. The molecule has 0 spiro atoms. The Balaban J connectivity index is 1.87. The lowest BCUT2D eigenvalue weighted by Crippen LogP contribution is -2.50. The molecular formula is C21H26N4O5. The highest BCUT2D eigenvalue weighted by atomic mass is 16.6. The zero-order valence-electron chi connectivity index (χ0n) is 17.2. The van der Waals surface area contributed by atoms with Crippen molar-refractivity contribution in [3.05, 3.63) is 64.2 Å². The van der Waals surface area contributed by atoms with E-state index in [0.29, 0.717) is 30.1 Å². The highest BCUT2D eigenvalue weighted by Crippen LogP contribution is 2.18. The van der Waals surface area contributed by atoms with Gasteiger partial charge in [0.1, 0.15) is 11.8 Å². The summed E-state index contributed by atoms with van der Waals surface area (Å²) >= 11 is 0. The third-order valence-electron chi connectivity index (χ3n) is 4.42. The fourth-order valence-electron chi connectivity index (χ4n) is 2.79. The van der Waals surface area contributed by atoms with Crippen molar-refractivity contribution in [2.24, 2.45) is 5.92 Å². The van der Waals surface area contributed by atoms with Gasteiger partial charge in [-0.15, -0.1) is 0 Å². The Morgan fingerprint density at radius 2 is 1.73 bits per heavy atom. The Labute approximate surface area is 175 Å². The third-order valence-corrected chi connectivity index (χ3v) is 4.42. The van der Waals surface area contributed by atoms with E-state index >= 15 is 0 Å². The predicted octanol–water partition coefficient (Wildman–Crippen LogP) is 2.59. The summed E-state index contributed by atoms with van der Waals surface area (Å²) < 4.78 is 5.20. The van der Waals surface area contributed by atoms with Crippen molar-refractivity contribution >= 4 is 23.2 Å². The summed E-state index contributed by atoms with van der Waals surface area (Å²) in [6, 6.07) is 12.1. The number of para-hydroxylation sites is 1. The number of nitrogens with one attached hydrogen (secondary N) is 3. The summed E-state index contributed by atoms with van der Waals surface area (Å²) in [6.07, 6.45) is 0. The second kappa shape index (κ2) is 10.8. The maximum absolute atomic E-state index is 12.6. The lowest BCUT2D eigenvalue weighted by Gasteiger charge is -2.22. The quantitative estimate of drug-likeness (QED) is 0.312. The fraction of sp³-hybridized carbons (Fsp3) is 0.333. The topological polar surface area (TPSA) is 123 Å². The minimum atomic E-state index is -0.707. The van der Waals surface area contributed by atoms with Crippen molar-refractivity contribution in [1.82, 2.24) is 10.6 Å². The Morgan fingerprint density at radius 1 is 1.07 bits per heavy atom. The van der Waals surface area contributed by atoms with Gasteiger partial charge >= 0.3 is 0 Å². The van der Waals surface area contributed by atoms with Crippen LogP contribution in [0.5, 0.6) is 5.75 Å². The maximum Gasteiger partial charge on any atom is 0.269 e. The van der Waals surface area contributed by atoms with Crippen LogP contribution in [0.4, 0.5) is 11.4 Å². The largest absolute Gasteiger partial charge is 0.496 e. The fourth-order valence-corrected chi connectivity index (χ4v) is 2.79. The number of methoxy groups -OCH3 is 1. The van der Waals surface area contributed by atoms with Gasteiger partial charge in [0.25, 0.3) is 11.6 Å². The molecular weight excluding hydrogens is 388 g/mol. The molecule has 0 fully saturated rings. The SMILES string of the molecule is COc1ccccc1C(=O)N[C@H](C(=O)NCCNc1ccc([N+](=O)[O-])cc1)C(C)C. The molecule has 2 aromatic rings. The first-order chi connectivity index (χ1) is 14.3. The van der Waals surface area contributed by atoms with Gasteiger partial charge in [-0.1, -0.05) is 26.0 Å². The van der Waals surface area contributed by atoms with Gasteiger partial charge in [0.15, 0.2) is 0 Å². The van der Waals surface area contributed by atoms with Crippen LogP contribution in [-0.4, -0.2) is 43.0 Å². The summed E-state index contributed by atoms with van der Waals surface area (Å²) in [5, 5.41) is 19.3. The van der Waals surface area contributed by atoms with E-state index in [2.05, 4.69) is 16.0 Å². The number of rotatable bonds is 10. The zero-order valence-corrected chi connectivity index (χ0v) is 17.2. The van der Waals surface area contributed by atoms with Gasteiger partial charge in [-0.2, -0.15) is 0 Å². The molecule has 0 unspecified atom stereocenters. The van der Waals surface area contributed by atoms with Crippen LogP contribution in [0.15, 0.2) is 48.5 Å². The molecule has 0 aliphatic heterocycles. The zero-order chi connectivity index (χ0) is 22.1. The van der Waals surface area contributed by atoms with Crippen LogP contribution >= 0.6 is 0 Å². The lowest BCUT2D eigenvalue weighted by molar-refractivity contribution is -0.384. The van der Waals surface area contributed by atoms with Gasteiger partial charge in [-0.05, 0) is 30.2 Å². The van der Waals surface area contributed by atoms with E-state index in [1.54, 1.807) is 36.4 Å². The smallest absolute Gasteiger partial charge is 0.269 e.